The molecule has 2 aliphatic carbocycles. The summed E-state index contributed by atoms with van der Waals surface area (Å²) in [7, 11) is 1.37. The van der Waals surface area contributed by atoms with Crippen molar-refractivity contribution in [2.24, 2.45) is 11.3 Å². The Morgan fingerprint density at radius 3 is 2.49 bits per heavy atom. The quantitative estimate of drug-likeness (QED) is 0.479. The standard InChI is InChI=1S/C24H22F4N4O2S/c1-22(13-29)10-7-14(12-18(22)24(26,27)28)31-20(34)23(8-3-4-9-23)32(21(31)35)15-5-6-16(17(25)11-15)19(33)30-2/h5-7,10-12,18H,3-4,8-9H2,1-2H3,(H,30,33). The van der Waals surface area contributed by atoms with Gasteiger partial charge in [-0.15, -0.1) is 0 Å². The molecule has 1 saturated heterocycles. The zero-order valence-corrected chi connectivity index (χ0v) is 19.8. The summed E-state index contributed by atoms with van der Waals surface area (Å²) in [6, 6.07) is 5.55. The lowest BCUT2D eigenvalue weighted by Crippen LogP contribution is -2.47. The van der Waals surface area contributed by atoms with Crippen LogP contribution in [-0.4, -0.2) is 40.6 Å². The molecule has 2 unspecified atom stereocenters. The van der Waals surface area contributed by atoms with E-state index in [1.165, 1.54) is 37.1 Å². The number of anilines is 1. The molecule has 2 fully saturated rings. The number of allylic oxidation sites excluding steroid dienone is 3. The van der Waals surface area contributed by atoms with Gasteiger partial charge in [0.15, 0.2) is 5.11 Å². The van der Waals surface area contributed by atoms with Crippen LogP contribution in [-0.2, 0) is 4.79 Å². The van der Waals surface area contributed by atoms with E-state index < -0.39 is 40.7 Å². The predicted molar refractivity (Wildman–Crippen MR) is 123 cm³/mol. The number of alkyl halides is 3. The smallest absolute Gasteiger partial charge is 0.355 e. The fourth-order valence-corrected chi connectivity index (χ4v) is 5.54. The zero-order chi connectivity index (χ0) is 25.8. The topological polar surface area (TPSA) is 76.4 Å². The molecule has 2 atom stereocenters. The summed E-state index contributed by atoms with van der Waals surface area (Å²) in [6.45, 7) is 1.18. The zero-order valence-electron chi connectivity index (χ0n) is 18.9. The Morgan fingerprint density at radius 2 is 1.94 bits per heavy atom. The molecular formula is C24H22F4N4O2S. The molecule has 35 heavy (non-hydrogen) atoms. The van der Waals surface area contributed by atoms with Crippen molar-refractivity contribution in [2.75, 3.05) is 11.9 Å². The Bertz CT molecular complexity index is 1210. The molecule has 184 valence electrons. The number of nitrogens with one attached hydrogen (secondary N) is 1. The Morgan fingerprint density at radius 1 is 1.29 bits per heavy atom. The summed E-state index contributed by atoms with van der Waals surface area (Å²) in [5, 5.41) is 11.7. The largest absolute Gasteiger partial charge is 0.397 e. The average Bonchev–Trinajstić information content (AvgIpc) is 3.37. The van der Waals surface area contributed by atoms with Crippen LogP contribution >= 0.6 is 12.2 Å². The van der Waals surface area contributed by atoms with Gasteiger partial charge in [-0.1, -0.05) is 18.9 Å². The van der Waals surface area contributed by atoms with Gasteiger partial charge in [-0.3, -0.25) is 14.5 Å². The van der Waals surface area contributed by atoms with Gasteiger partial charge in [0.05, 0.1) is 23.0 Å². The maximum atomic E-state index is 14.8. The van der Waals surface area contributed by atoms with Gasteiger partial charge in [-0.2, -0.15) is 18.4 Å². The molecule has 0 aromatic heterocycles. The van der Waals surface area contributed by atoms with Crippen molar-refractivity contribution in [3.8, 4) is 6.07 Å². The molecule has 1 heterocycles. The highest BCUT2D eigenvalue weighted by Gasteiger charge is 2.59. The van der Waals surface area contributed by atoms with Gasteiger partial charge in [0.1, 0.15) is 11.4 Å². The van der Waals surface area contributed by atoms with Crippen molar-refractivity contribution >= 4 is 34.8 Å². The lowest BCUT2D eigenvalue weighted by atomic mass is 9.74. The lowest BCUT2D eigenvalue weighted by molar-refractivity contribution is -0.177. The number of hydrogen-bond donors (Lipinski definition) is 1. The van der Waals surface area contributed by atoms with Crippen LogP contribution in [0.5, 0.6) is 0 Å². The summed E-state index contributed by atoms with van der Waals surface area (Å²) in [4.78, 5) is 28.2. The van der Waals surface area contributed by atoms with Crippen molar-refractivity contribution in [1.29, 1.82) is 5.26 Å². The molecule has 1 aliphatic heterocycles. The van der Waals surface area contributed by atoms with E-state index in [0.29, 0.717) is 25.7 Å². The number of nitriles is 1. The number of halogens is 4. The SMILES string of the molecule is CNC(=O)c1ccc(N2C(=S)N(C3=CC(C(F)(F)F)C(C)(C#N)C=C3)C(=O)C23CCCC3)cc1F. The van der Waals surface area contributed by atoms with Gasteiger partial charge >= 0.3 is 6.18 Å². The van der Waals surface area contributed by atoms with Crippen LogP contribution < -0.4 is 10.2 Å². The van der Waals surface area contributed by atoms with Gasteiger partial charge in [0, 0.05) is 18.4 Å². The van der Waals surface area contributed by atoms with Gasteiger partial charge in [0.25, 0.3) is 11.8 Å². The average molecular weight is 507 g/mol. The molecule has 4 rings (SSSR count). The Balaban J connectivity index is 1.80. The summed E-state index contributed by atoms with van der Waals surface area (Å²) >= 11 is 5.59. The molecule has 3 aliphatic rings. The fraction of sp³-hybridized carbons (Fsp3) is 0.417. The van der Waals surface area contributed by atoms with E-state index in [9.17, 15) is 32.4 Å². The number of amides is 2. The molecule has 1 aromatic rings. The summed E-state index contributed by atoms with van der Waals surface area (Å²) in [5.74, 6) is -4.08. The maximum absolute atomic E-state index is 14.8. The first-order valence-corrected chi connectivity index (χ1v) is 11.4. The number of carbonyl (C=O) groups is 2. The Kier molecular flexibility index (Phi) is 6.00. The molecule has 11 heteroatoms. The van der Waals surface area contributed by atoms with E-state index in [2.05, 4.69) is 5.32 Å². The van der Waals surface area contributed by atoms with E-state index >= 15 is 0 Å². The molecular weight excluding hydrogens is 484 g/mol. The molecule has 6 nitrogen and oxygen atoms in total. The number of carbonyl (C=O) groups excluding carboxylic acids is 2. The van der Waals surface area contributed by atoms with E-state index in [1.54, 1.807) is 6.07 Å². The lowest BCUT2D eigenvalue weighted by Gasteiger charge is -2.33. The fourth-order valence-electron chi connectivity index (χ4n) is 5.07. The van der Waals surface area contributed by atoms with Crippen molar-refractivity contribution in [3.63, 3.8) is 0 Å². The van der Waals surface area contributed by atoms with Crippen molar-refractivity contribution in [2.45, 2.75) is 44.3 Å². The highest BCUT2D eigenvalue weighted by molar-refractivity contribution is 7.80. The Labute approximate surface area is 204 Å². The van der Waals surface area contributed by atoms with Crippen LogP contribution in [0.25, 0.3) is 0 Å². The van der Waals surface area contributed by atoms with Crippen molar-refractivity contribution in [3.05, 3.63) is 53.5 Å². The molecule has 1 spiro atoms. The molecule has 1 aromatic carbocycles. The van der Waals surface area contributed by atoms with E-state index in [-0.39, 0.29) is 22.1 Å². The summed E-state index contributed by atoms with van der Waals surface area (Å²) in [5.41, 5.74) is -3.04. The van der Waals surface area contributed by atoms with Crippen LogP contribution in [0.2, 0.25) is 0 Å². The van der Waals surface area contributed by atoms with Crippen molar-refractivity contribution in [1.82, 2.24) is 10.2 Å². The van der Waals surface area contributed by atoms with Crippen LogP contribution in [0, 0.1) is 28.5 Å². The number of nitrogens with zero attached hydrogens (tertiary/aromatic N) is 3. The van der Waals surface area contributed by atoms with Crippen LogP contribution in [0.4, 0.5) is 23.2 Å². The minimum absolute atomic E-state index is 0.0775. The highest BCUT2D eigenvalue weighted by atomic mass is 32.1. The van der Waals surface area contributed by atoms with Crippen LogP contribution in [0.1, 0.15) is 43.0 Å². The Hall–Kier alpha value is -3.26. The van der Waals surface area contributed by atoms with E-state index in [1.807, 2.05) is 0 Å². The monoisotopic (exact) mass is 506 g/mol. The number of rotatable bonds is 3. The number of thiocarbonyl (C=S) groups is 1. The third-order valence-electron chi connectivity index (χ3n) is 6.96. The van der Waals surface area contributed by atoms with Gasteiger partial charge in [0.2, 0.25) is 0 Å². The minimum Gasteiger partial charge on any atom is -0.355 e. The normalized spacial score (nSPS) is 25.7. The first-order valence-electron chi connectivity index (χ1n) is 11.0. The van der Waals surface area contributed by atoms with Crippen LogP contribution in [0.15, 0.2) is 42.1 Å². The van der Waals surface area contributed by atoms with Gasteiger partial charge < -0.3 is 10.2 Å². The van der Waals surface area contributed by atoms with Crippen molar-refractivity contribution < 1.29 is 27.2 Å². The molecule has 0 bridgehead atoms. The summed E-state index contributed by atoms with van der Waals surface area (Å²) < 4.78 is 56.3. The first-order chi connectivity index (χ1) is 16.4. The second kappa shape index (κ2) is 8.45. The molecule has 1 saturated carbocycles. The third-order valence-corrected chi connectivity index (χ3v) is 7.33. The minimum atomic E-state index is -4.73. The molecule has 0 radical (unpaired) electrons. The van der Waals surface area contributed by atoms with Gasteiger partial charge in [-0.25, -0.2) is 4.39 Å². The predicted octanol–water partition coefficient (Wildman–Crippen LogP) is 4.59. The first kappa shape index (κ1) is 24.9. The van der Waals surface area contributed by atoms with E-state index in [0.717, 1.165) is 23.1 Å². The second-order valence-electron chi connectivity index (χ2n) is 9.08. The molecule has 2 amide bonds. The van der Waals surface area contributed by atoms with Gasteiger partial charge in [-0.05, 0) is 62.3 Å². The number of benzene rings is 1. The third kappa shape index (κ3) is 3.80. The second-order valence-corrected chi connectivity index (χ2v) is 9.44. The number of hydrogen-bond acceptors (Lipinski definition) is 4. The highest BCUT2D eigenvalue weighted by Crippen LogP contribution is 2.49. The maximum Gasteiger partial charge on any atom is 0.397 e. The van der Waals surface area contributed by atoms with E-state index in [4.69, 9.17) is 12.2 Å². The van der Waals surface area contributed by atoms with Crippen LogP contribution in [0.3, 0.4) is 0 Å². The molecule has 1 N–H and O–H groups in total. The summed E-state index contributed by atoms with van der Waals surface area (Å²) in [6.07, 6.45) is 0.709.